The number of hydrogen-bond acceptors (Lipinski definition) is 4. The fourth-order valence-corrected chi connectivity index (χ4v) is 5.59. The topological polar surface area (TPSA) is 46.7 Å². The molecule has 4 heterocycles. The maximum Gasteiger partial charge on any atom is 0.231 e. The first-order valence-corrected chi connectivity index (χ1v) is 11.6. The van der Waals surface area contributed by atoms with Crippen LogP contribution in [-0.2, 0) is 17.6 Å². The van der Waals surface area contributed by atoms with E-state index in [9.17, 15) is 0 Å². The summed E-state index contributed by atoms with van der Waals surface area (Å²) in [5, 5.41) is 1.35. The zero-order valence-corrected chi connectivity index (χ0v) is 17.9. The van der Waals surface area contributed by atoms with Gasteiger partial charge >= 0.3 is 0 Å². The molecule has 162 valence electrons. The number of benzene rings is 2. The predicted molar refractivity (Wildman–Crippen MR) is 121 cm³/mol. The number of ether oxygens (including phenoxy) is 3. The molecule has 1 atom stereocenters. The van der Waals surface area contributed by atoms with Gasteiger partial charge in [0.2, 0.25) is 6.79 Å². The summed E-state index contributed by atoms with van der Waals surface area (Å²) in [7, 11) is 0. The molecule has 0 radical (unpaired) electrons. The lowest BCUT2D eigenvalue weighted by atomic mass is 9.87. The van der Waals surface area contributed by atoms with Crippen molar-refractivity contribution in [2.45, 2.75) is 38.1 Å². The Morgan fingerprint density at radius 2 is 1.87 bits per heavy atom. The summed E-state index contributed by atoms with van der Waals surface area (Å²) in [6, 6.07) is 13.5. The first-order chi connectivity index (χ1) is 15.3. The van der Waals surface area contributed by atoms with Crippen LogP contribution < -0.4 is 9.47 Å². The van der Waals surface area contributed by atoms with E-state index in [0.717, 1.165) is 63.0 Å². The van der Waals surface area contributed by atoms with Gasteiger partial charge in [-0.2, -0.15) is 0 Å². The van der Waals surface area contributed by atoms with Gasteiger partial charge in [-0.25, -0.2) is 0 Å². The van der Waals surface area contributed by atoms with E-state index in [1.165, 1.54) is 40.4 Å². The lowest BCUT2D eigenvalue weighted by Gasteiger charge is -2.40. The summed E-state index contributed by atoms with van der Waals surface area (Å²) in [5.41, 5.74) is 5.50. The molecular weight excluding hydrogens is 388 g/mol. The standard InChI is InChI=1S/C26H30N2O3/c1-2-4-23-21(3-1)20(15-27-23)5-6-24-22-14-26-25(30-17-31-26)13-19(22)7-10-28(24)16-18-8-11-29-12-9-18/h1-4,13-15,18,24,27H,5-12,16-17H2/t24-/m1/s1. The summed E-state index contributed by atoms with van der Waals surface area (Å²) in [6.45, 7) is 4.43. The summed E-state index contributed by atoms with van der Waals surface area (Å²) < 4.78 is 17.0. The van der Waals surface area contributed by atoms with E-state index in [1.54, 1.807) is 0 Å². The Kier molecular flexibility index (Phi) is 5.09. The molecular formula is C26H30N2O3. The number of nitrogens with one attached hydrogen (secondary N) is 1. The second-order valence-electron chi connectivity index (χ2n) is 9.12. The highest BCUT2D eigenvalue weighted by atomic mass is 16.7. The molecule has 0 amide bonds. The minimum atomic E-state index is 0.337. The molecule has 2 aromatic carbocycles. The van der Waals surface area contributed by atoms with Crippen molar-refractivity contribution in [1.82, 2.24) is 9.88 Å². The first-order valence-electron chi connectivity index (χ1n) is 11.6. The number of nitrogens with zero attached hydrogens (tertiary/aromatic N) is 1. The number of fused-ring (bicyclic) bond motifs is 3. The van der Waals surface area contributed by atoms with Gasteiger partial charge in [0.05, 0.1) is 0 Å². The lowest BCUT2D eigenvalue weighted by molar-refractivity contribution is 0.0423. The number of aryl methyl sites for hydroxylation is 1. The number of H-pyrrole nitrogens is 1. The average Bonchev–Trinajstić information content (AvgIpc) is 3.44. The van der Waals surface area contributed by atoms with Gasteiger partial charge in [-0.3, -0.25) is 4.90 Å². The molecule has 0 saturated carbocycles. The molecule has 1 saturated heterocycles. The van der Waals surface area contributed by atoms with Crippen LogP contribution in [-0.4, -0.2) is 43.0 Å². The predicted octanol–water partition coefficient (Wildman–Crippen LogP) is 4.86. The van der Waals surface area contributed by atoms with Crippen molar-refractivity contribution in [3.05, 3.63) is 59.3 Å². The third kappa shape index (κ3) is 3.70. The van der Waals surface area contributed by atoms with Crippen molar-refractivity contribution >= 4 is 10.9 Å². The minimum Gasteiger partial charge on any atom is -0.454 e. The Morgan fingerprint density at radius 1 is 1.03 bits per heavy atom. The molecule has 6 rings (SSSR count). The number of aromatic amines is 1. The third-order valence-corrected chi connectivity index (χ3v) is 7.30. The highest BCUT2D eigenvalue weighted by Crippen LogP contribution is 2.42. The Hall–Kier alpha value is -2.50. The smallest absolute Gasteiger partial charge is 0.231 e. The normalized spacial score (nSPS) is 21.5. The molecule has 0 spiro atoms. The minimum absolute atomic E-state index is 0.337. The zero-order chi connectivity index (χ0) is 20.6. The van der Waals surface area contributed by atoms with Crippen molar-refractivity contribution in [1.29, 1.82) is 0 Å². The molecule has 3 aliphatic rings. The van der Waals surface area contributed by atoms with Gasteiger partial charge in [0.1, 0.15) is 0 Å². The lowest BCUT2D eigenvalue weighted by Crippen LogP contribution is -2.40. The summed E-state index contributed by atoms with van der Waals surface area (Å²) in [4.78, 5) is 6.17. The second-order valence-corrected chi connectivity index (χ2v) is 9.12. The van der Waals surface area contributed by atoms with E-state index in [2.05, 4.69) is 52.5 Å². The fraction of sp³-hybridized carbons (Fsp3) is 0.462. The fourth-order valence-electron chi connectivity index (χ4n) is 5.59. The quantitative estimate of drug-likeness (QED) is 0.643. The molecule has 3 aromatic rings. The van der Waals surface area contributed by atoms with Crippen molar-refractivity contribution in [2.24, 2.45) is 5.92 Å². The van der Waals surface area contributed by atoms with E-state index in [4.69, 9.17) is 14.2 Å². The Labute approximate surface area is 183 Å². The van der Waals surface area contributed by atoms with Crippen LogP contribution in [0.5, 0.6) is 11.5 Å². The van der Waals surface area contributed by atoms with Crippen molar-refractivity contribution in [3.8, 4) is 11.5 Å². The van der Waals surface area contributed by atoms with Gasteiger partial charge in [0.15, 0.2) is 11.5 Å². The molecule has 0 bridgehead atoms. The van der Waals surface area contributed by atoms with Gasteiger partial charge in [-0.05, 0) is 72.9 Å². The van der Waals surface area contributed by atoms with Crippen molar-refractivity contribution in [2.75, 3.05) is 33.1 Å². The molecule has 0 aliphatic carbocycles. The van der Waals surface area contributed by atoms with Gasteiger partial charge < -0.3 is 19.2 Å². The average molecular weight is 419 g/mol. The van der Waals surface area contributed by atoms with Crippen LogP contribution in [0.2, 0.25) is 0 Å². The zero-order valence-electron chi connectivity index (χ0n) is 17.9. The molecule has 31 heavy (non-hydrogen) atoms. The number of aromatic nitrogens is 1. The van der Waals surface area contributed by atoms with E-state index in [1.807, 2.05) is 0 Å². The number of rotatable bonds is 5. The van der Waals surface area contributed by atoms with Crippen molar-refractivity contribution < 1.29 is 14.2 Å². The molecule has 3 aliphatic heterocycles. The van der Waals surface area contributed by atoms with Gasteiger partial charge in [-0.1, -0.05) is 18.2 Å². The number of hydrogen-bond donors (Lipinski definition) is 1. The molecule has 1 fully saturated rings. The second kappa shape index (κ2) is 8.21. The first kappa shape index (κ1) is 19.2. The van der Waals surface area contributed by atoms with Crippen molar-refractivity contribution in [3.63, 3.8) is 0 Å². The van der Waals surface area contributed by atoms with Crippen LogP contribution in [0.15, 0.2) is 42.6 Å². The molecule has 1 aromatic heterocycles. The molecule has 0 unspecified atom stereocenters. The van der Waals surface area contributed by atoms with Crippen LogP contribution in [0.3, 0.4) is 0 Å². The SMILES string of the molecule is c1ccc2c(CC[C@@H]3c4cc5c(cc4CCN3CC3CCOCC3)OCO5)c[nH]c2c1. The van der Waals surface area contributed by atoms with E-state index in [-0.39, 0.29) is 0 Å². The Bertz CT molecular complexity index is 1070. The van der Waals surface area contributed by atoms with Crippen LogP contribution in [0.4, 0.5) is 0 Å². The van der Waals surface area contributed by atoms with Crippen LogP contribution in [0.25, 0.3) is 10.9 Å². The van der Waals surface area contributed by atoms with Crippen LogP contribution >= 0.6 is 0 Å². The summed E-state index contributed by atoms with van der Waals surface area (Å²) in [5.74, 6) is 2.55. The largest absolute Gasteiger partial charge is 0.454 e. The van der Waals surface area contributed by atoms with Gasteiger partial charge in [0, 0.05) is 49.4 Å². The highest BCUT2D eigenvalue weighted by molar-refractivity contribution is 5.83. The molecule has 5 nitrogen and oxygen atoms in total. The number of para-hydroxylation sites is 1. The van der Waals surface area contributed by atoms with Crippen LogP contribution in [0, 0.1) is 5.92 Å². The maximum atomic E-state index is 5.74. The van der Waals surface area contributed by atoms with E-state index >= 15 is 0 Å². The van der Waals surface area contributed by atoms with E-state index in [0.29, 0.717) is 12.8 Å². The van der Waals surface area contributed by atoms with Gasteiger partial charge in [0.25, 0.3) is 0 Å². The highest BCUT2D eigenvalue weighted by Gasteiger charge is 2.32. The summed E-state index contributed by atoms with van der Waals surface area (Å²) >= 11 is 0. The monoisotopic (exact) mass is 418 g/mol. The Morgan fingerprint density at radius 3 is 2.77 bits per heavy atom. The summed E-state index contributed by atoms with van der Waals surface area (Å²) in [6.07, 6.45) is 7.81. The van der Waals surface area contributed by atoms with Gasteiger partial charge in [-0.15, -0.1) is 0 Å². The molecule has 5 heteroatoms. The molecule has 1 N–H and O–H groups in total. The van der Waals surface area contributed by atoms with Crippen LogP contribution in [0.1, 0.15) is 42.0 Å². The third-order valence-electron chi connectivity index (χ3n) is 7.30. The maximum absolute atomic E-state index is 5.74. The Balaban J connectivity index is 1.29. The van der Waals surface area contributed by atoms with E-state index < -0.39 is 0 Å².